The molecule has 2 rings (SSSR count). The minimum absolute atomic E-state index is 0.214. The van der Waals surface area contributed by atoms with E-state index in [1.165, 1.54) is 18.2 Å². The maximum Gasteiger partial charge on any atom is 0.306 e. The number of halogens is 1. The lowest BCUT2D eigenvalue weighted by Gasteiger charge is -2.24. The molecule has 0 fully saturated rings. The molecule has 0 aliphatic rings. The van der Waals surface area contributed by atoms with Crippen LogP contribution in [0.15, 0.2) is 48.5 Å². The van der Waals surface area contributed by atoms with Crippen molar-refractivity contribution in [3.8, 4) is 5.75 Å². The monoisotopic (exact) mass is 393 g/mol. The zero-order valence-corrected chi connectivity index (χ0v) is 16.5. The molecule has 0 spiro atoms. The maximum absolute atomic E-state index is 13.5. The van der Waals surface area contributed by atoms with Crippen LogP contribution >= 0.6 is 0 Å². The highest BCUT2D eigenvalue weighted by atomic mass is 32.2. The topological polar surface area (TPSA) is 63.7 Å². The van der Waals surface area contributed by atoms with Crippen molar-refractivity contribution in [1.29, 1.82) is 0 Å². The van der Waals surface area contributed by atoms with E-state index in [-0.39, 0.29) is 11.7 Å². The fourth-order valence-electron chi connectivity index (χ4n) is 2.52. The number of carbonyl (C=O) groups is 1. The zero-order valence-electron chi connectivity index (χ0n) is 15.7. The Kier molecular flexibility index (Phi) is 6.96. The van der Waals surface area contributed by atoms with Crippen LogP contribution in [-0.4, -0.2) is 32.0 Å². The molecule has 0 N–H and O–H groups in total. The summed E-state index contributed by atoms with van der Waals surface area (Å²) in [5.74, 6) is -0.0664. The van der Waals surface area contributed by atoms with E-state index in [2.05, 4.69) is 13.8 Å². The first-order valence-electron chi connectivity index (χ1n) is 8.67. The van der Waals surface area contributed by atoms with Gasteiger partial charge in [-0.2, -0.15) is 8.42 Å². The molecule has 0 aromatic heterocycles. The van der Waals surface area contributed by atoms with Crippen LogP contribution in [0.25, 0.3) is 0 Å². The molecule has 146 valence electrons. The van der Waals surface area contributed by atoms with E-state index < -0.39 is 15.9 Å². The number of amides is 1. The van der Waals surface area contributed by atoms with Crippen molar-refractivity contribution in [2.45, 2.75) is 26.8 Å². The van der Waals surface area contributed by atoms with Gasteiger partial charge in [-0.15, -0.1) is 0 Å². The Morgan fingerprint density at radius 2 is 1.81 bits per heavy atom. The van der Waals surface area contributed by atoms with Crippen LogP contribution in [0.4, 0.5) is 4.39 Å². The summed E-state index contributed by atoms with van der Waals surface area (Å²) in [5, 5.41) is 0. The van der Waals surface area contributed by atoms with Gasteiger partial charge in [-0.25, -0.2) is 4.39 Å². The SMILES string of the molecule is CC(C)CCN(Cc1ccc(OS(C)(=O)=O)cc1)C(=O)c1cccc(F)c1. The van der Waals surface area contributed by atoms with Gasteiger partial charge in [-0.1, -0.05) is 32.0 Å². The van der Waals surface area contributed by atoms with E-state index in [1.807, 2.05) is 0 Å². The van der Waals surface area contributed by atoms with Gasteiger partial charge in [0.05, 0.1) is 6.26 Å². The largest absolute Gasteiger partial charge is 0.383 e. The number of rotatable bonds is 8. The highest BCUT2D eigenvalue weighted by molar-refractivity contribution is 7.86. The first-order chi connectivity index (χ1) is 12.6. The molecule has 0 aliphatic carbocycles. The van der Waals surface area contributed by atoms with Crippen molar-refractivity contribution >= 4 is 16.0 Å². The smallest absolute Gasteiger partial charge is 0.306 e. The van der Waals surface area contributed by atoms with E-state index >= 15 is 0 Å². The van der Waals surface area contributed by atoms with Gasteiger partial charge in [-0.05, 0) is 48.2 Å². The second-order valence-corrected chi connectivity index (χ2v) is 8.43. The van der Waals surface area contributed by atoms with E-state index in [0.29, 0.717) is 24.6 Å². The average Bonchev–Trinajstić information content (AvgIpc) is 2.58. The predicted octanol–water partition coefficient (Wildman–Crippen LogP) is 3.85. The zero-order chi connectivity index (χ0) is 20.0. The number of benzene rings is 2. The van der Waals surface area contributed by atoms with Gasteiger partial charge in [0.25, 0.3) is 5.91 Å². The third kappa shape index (κ3) is 7.02. The third-order valence-corrected chi connectivity index (χ3v) is 4.37. The van der Waals surface area contributed by atoms with Crippen LogP contribution < -0.4 is 4.18 Å². The third-order valence-electron chi connectivity index (χ3n) is 3.88. The number of hydrogen-bond acceptors (Lipinski definition) is 4. The van der Waals surface area contributed by atoms with Crippen molar-refractivity contribution in [1.82, 2.24) is 4.90 Å². The molecule has 0 atom stereocenters. The standard InChI is InChI=1S/C20H24FNO4S/c1-15(2)11-12-22(20(23)17-5-4-6-18(21)13-17)14-16-7-9-19(10-8-16)26-27(3,24)25/h4-10,13,15H,11-12,14H2,1-3H3. The Bertz CT molecular complexity index is 879. The van der Waals surface area contributed by atoms with Crippen LogP contribution in [0, 0.1) is 11.7 Å². The lowest BCUT2D eigenvalue weighted by atomic mass is 10.1. The summed E-state index contributed by atoms with van der Waals surface area (Å²) < 4.78 is 40.7. The molecule has 1 amide bonds. The molecule has 0 heterocycles. The summed E-state index contributed by atoms with van der Waals surface area (Å²) in [4.78, 5) is 14.5. The predicted molar refractivity (Wildman–Crippen MR) is 103 cm³/mol. The average molecular weight is 393 g/mol. The highest BCUT2D eigenvalue weighted by Crippen LogP contribution is 2.18. The van der Waals surface area contributed by atoms with E-state index in [9.17, 15) is 17.6 Å². The lowest BCUT2D eigenvalue weighted by Crippen LogP contribution is -2.32. The molecular weight excluding hydrogens is 369 g/mol. The second kappa shape index (κ2) is 8.99. The molecule has 0 bridgehead atoms. The first-order valence-corrected chi connectivity index (χ1v) is 10.5. The summed E-state index contributed by atoms with van der Waals surface area (Å²) in [6.45, 7) is 5.01. The Morgan fingerprint density at radius 3 is 2.37 bits per heavy atom. The van der Waals surface area contributed by atoms with Gasteiger partial charge in [-0.3, -0.25) is 4.79 Å². The summed E-state index contributed by atoms with van der Waals surface area (Å²) in [6.07, 6.45) is 1.79. The molecule has 7 heteroatoms. The molecule has 0 aliphatic heterocycles. The van der Waals surface area contributed by atoms with Crippen molar-refractivity contribution in [3.05, 3.63) is 65.5 Å². The molecule has 0 unspecified atom stereocenters. The molecule has 0 saturated carbocycles. The Morgan fingerprint density at radius 1 is 1.15 bits per heavy atom. The van der Waals surface area contributed by atoms with Crippen molar-refractivity contribution in [2.75, 3.05) is 12.8 Å². The van der Waals surface area contributed by atoms with Crippen LogP contribution in [0.1, 0.15) is 36.2 Å². The summed E-state index contributed by atoms with van der Waals surface area (Å²) in [6, 6.07) is 12.2. The van der Waals surface area contributed by atoms with E-state index in [4.69, 9.17) is 4.18 Å². The van der Waals surface area contributed by atoms with E-state index in [1.54, 1.807) is 35.2 Å². The molecule has 5 nitrogen and oxygen atoms in total. The van der Waals surface area contributed by atoms with Crippen molar-refractivity contribution in [2.24, 2.45) is 5.92 Å². The fraction of sp³-hybridized carbons (Fsp3) is 0.350. The number of nitrogens with zero attached hydrogens (tertiary/aromatic N) is 1. The molecule has 0 saturated heterocycles. The van der Waals surface area contributed by atoms with E-state index in [0.717, 1.165) is 18.2 Å². The summed E-state index contributed by atoms with van der Waals surface area (Å²) >= 11 is 0. The molecule has 0 radical (unpaired) electrons. The maximum atomic E-state index is 13.5. The van der Waals surface area contributed by atoms with Gasteiger partial charge in [0.2, 0.25) is 0 Å². The minimum atomic E-state index is -3.58. The second-order valence-electron chi connectivity index (χ2n) is 6.85. The highest BCUT2D eigenvalue weighted by Gasteiger charge is 2.17. The van der Waals surface area contributed by atoms with Crippen molar-refractivity contribution in [3.63, 3.8) is 0 Å². The lowest BCUT2D eigenvalue weighted by molar-refractivity contribution is 0.0735. The van der Waals surface area contributed by atoms with Gasteiger partial charge < -0.3 is 9.08 Å². The summed E-state index contributed by atoms with van der Waals surface area (Å²) in [7, 11) is -3.58. The normalized spacial score (nSPS) is 11.4. The molecular formula is C20H24FNO4S. The number of carbonyl (C=O) groups excluding carboxylic acids is 1. The van der Waals surface area contributed by atoms with Crippen LogP contribution in [0.2, 0.25) is 0 Å². The summed E-state index contributed by atoms with van der Waals surface area (Å²) in [5.41, 5.74) is 1.13. The van der Waals surface area contributed by atoms with Crippen LogP contribution in [-0.2, 0) is 16.7 Å². The molecule has 27 heavy (non-hydrogen) atoms. The van der Waals surface area contributed by atoms with Gasteiger partial charge >= 0.3 is 10.1 Å². The van der Waals surface area contributed by atoms with Gasteiger partial charge in [0.1, 0.15) is 11.6 Å². The minimum Gasteiger partial charge on any atom is -0.383 e. The molecule has 2 aromatic carbocycles. The van der Waals surface area contributed by atoms with Gasteiger partial charge in [0.15, 0.2) is 0 Å². The van der Waals surface area contributed by atoms with Gasteiger partial charge in [0, 0.05) is 18.7 Å². The molecule has 2 aromatic rings. The van der Waals surface area contributed by atoms with Crippen LogP contribution in [0.5, 0.6) is 5.75 Å². The Hall–Kier alpha value is -2.41. The quantitative estimate of drug-likeness (QED) is 0.639. The fourth-order valence-corrected chi connectivity index (χ4v) is 2.98. The van der Waals surface area contributed by atoms with Crippen molar-refractivity contribution < 1.29 is 21.8 Å². The Labute approximate surface area is 159 Å². The Balaban J connectivity index is 2.17. The first kappa shape index (κ1) is 20.9. The number of hydrogen-bond donors (Lipinski definition) is 0. The van der Waals surface area contributed by atoms with Crippen LogP contribution in [0.3, 0.4) is 0 Å².